The minimum absolute atomic E-state index is 0.966. The minimum Gasteiger partial charge on any atom is -0.384 e. The van der Waals surface area contributed by atoms with Crippen molar-refractivity contribution in [3.8, 4) is 0 Å². The number of benzene rings is 1. The molecule has 1 N–H and O–H groups in total. The molecule has 0 amide bonds. The van der Waals surface area contributed by atoms with Crippen LogP contribution in [0, 0.1) is 6.92 Å². The maximum Gasteiger partial charge on any atom is 0.149 e. The van der Waals surface area contributed by atoms with Crippen molar-refractivity contribution in [3.05, 3.63) is 41.4 Å². The van der Waals surface area contributed by atoms with Gasteiger partial charge in [-0.3, -0.25) is 0 Å². The van der Waals surface area contributed by atoms with E-state index in [1.165, 1.54) is 11.3 Å². The Morgan fingerprint density at radius 2 is 2.38 bits per heavy atom. The maximum absolute atomic E-state index is 4.23. The van der Waals surface area contributed by atoms with E-state index in [9.17, 15) is 0 Å². The number of anilines is 1. The van der Waals surface area contributed by atoms with Gasteiger partial charge < -0.3 is 5.32 Å². The van der Waals surface area contributed by atoms with Crippen LogP contribution in [0.1, 0.15) is 5.56 Å². The normalized spacial score (nSPS) is 10.3. The van der Waals surface area contributed by atoms with E-state index < -0.39 is 0 Å². The zero-order valence-corrected chi connectivity index (χ0v) is 10.8. The van der Waals surface area contributed by atoms with Crippen LogP contribution in [0.2, 0.25) is 0 Å². The predicted octanol–water partition coefficient (Wildman–Crippen LogP) is 3.66. The molecule has 4 heteroatoms. The van der Waals surface area contributed by atoms with Gasteiger partial charge in [-0.05, 0) is 24.6 Å². The summed E-state index contributed by atoms with van der Waals surface area (Å²) in [6, 6.07) is 8.44. The van der Waals surface area contributed by atoms with Crippen molar-refractivity contribution >= 4 is 28.8 Å². The first-order chi connectivity index (χ1) is 7.84. The van der Waals surface area contributed by atoms with Crippen LogP contribution in [0.25, 0.3) is 0 Å². The van der Waals surface area contributed by atoms with Crippen LogP contribution in [0.5, 0.6) is 0 Å². The molecule has 0 saturated carbocycles. The summed E-state index contributed by atoms with van der Waals surface area (Å²) in [6.45, 7) is 3.07. The monoisotopic (exact) mass is 250 g/mol. The highest BCUT2D eigenvalue weighted by Gasteiger charge is 1.96. The molecule has 0 aliphatic carbocycles. The zero-order chi connectivity index (χ0) is 11.2. The fourth-order valence-electron chi connectivity index (χ4n) is 1.37. The smallest absolute Gasteiger partial charge is 0.149 e. The molecule has 0 unspecified atom stereocenters. The third kappa shape index (κ3) is 3.54. The van der Waals surface area contributed by atoms with E-state index in [0.29, 0.717) is 0 Å². The Morgan fingerprint density at radius 1 is 1.44 bits per heavy atom. The third-order valence-corrected chi connectivity index (χ3v) is 4.05. The van der Waals surface area contributed by atoms with Crippen LogP contribution >= 0.6 is 23.1 Å². The second-order valence-corrected chi connectivity index (χ2v) is 5.68. The van der Waals surface area contributed by atoms with E-state index in [1.54, 1.807) is 23.1 Å². The van der Waals surface area contributed by atoms with Gasteiger partial charge in [0.25, 0.3) is 0 Å². The van der Waals surface area contributed by atoms with E-state index >= 15 is 0 Å². The van der Waals surface area contributed by atoms with E-state index in [1.807, 2.05) is 11.6 Å². The molecule has 2 rings (SSSR count). The van der Waals surface area contributed by atoms with Crippen molar-refractivity contribution in [1.29, 1.82) is 0 Å². The Kier molecular flexibility index (Phi) is 4.25. The molecule has 0 saturated heterocycles. The first kappa shape index (κ1) is 11.5. The lowest BCUT2D eigenvalue weighted by Gasteiger charge is -2.05. The first-order valence-corrected chi connectivity index (χ1v) is 7.04. The molecule has 0 bridgehead atoms. The topological polar surface area (TPSA) is 24.9 Å². The van der Waals surface area contributed by atoms with Crippen molar-refractivity contribution in [2.24, 2.45) is 0 Å². The molecule has 1 aromatic heterocycles. The predicted molar refractivity (Wildman–Crippen MR) is 72.5 cm³/mol. The van der Waals surface area contributed by atoms with Crippen molar-refractivity contribution in [1.82, 2.24) is 4.98 Å². The van der Waals surface area contributed by atoms with Gasteiger partial charge in [-0.1, -0.05) is 23.9 Å². The molecule has 0 aliphatic heterocycles. The standard InChI is InChI=1S/C12H14N2S2/c1-10-3-2-4-11(9-10)13-5-7-15-12-14-6-8-16-12/h2-4,6,8-9,13H,5,7H2,1H3. The van der Waals surface area contributed by atoms with Gasteiger partial charge in [-0.15, -0.1) is 11.3 Å². The van der Waals surface area contributed by atoms with Crippen molar-refractivity contribution in [3.63, 3.8) is 0 Å². The van der Waals surface area contributed by atoms with Gasteiger partial charge in [0.05, 0.1) is 0 Å². The molecule has 16 heavy (non-hydrogen) atoms. The molecule has 1 aromatic carbocycles. The van der Waals surface area contributed by atoms with Crippen LogP contribution in [0.4, 0.5) is 5.69 Å². The molecule has 1 heterocycles. The Hall–Kier alpha value is -1.00. The maximum atomic E-state index is 4.23. The Labute approximate surface area is 104 Å². The van der Waals surface area contributed by atoms with E-state index in [-0.39, 0.29) is 0 Å². The van der Waals surface area contributed by atoms with Crippen molar-refractivity contribution in [2.75, 3.05) is 17.6 Å². The summed E-state index contributed by atoms with van der Waals surface area (Å²) >= 11 is 3.49. The summed E-state index contributed by atoms with van der Waals surface area (Å²) in [5.41, 5.74) is 2.48. The van der Waals surface area contributed by atoms with Crippen LogP contribution < -0.4 is 5.32 Å². The lowest BCUT2D eigenvalue weighted by atomic mass is 10.2. The van der Waals surface area contributed by atoms with Gasteiger partial charge in [0.1, 0.15) is 4.34 Å². The third-order valence-electron chi connectivity index (χ3n) is 2.08. The molecule has 0 aliphatic rings. The lowest BCUT2D eigenvalue weighted by molar-refractivity contribution is 1.20. The summed E-state index contributed by atoms with van der Waals surface area (Å²) in [7, 11) is 0. The lowest BCUT2D eigenvalue weighted by Crippen LogP contribution is -2.03. The first-order valence-electron chi connectivity index (χ1n) is 5.17. The molecule has 2 aromatic rings. The molecule has 84 valence electrons. The molecule has 0 radical (unpaired) electrons. The summed E-state index contributed by atoms with van der Waals surface area (Å²) in [4.78, 5) is 4.23. The Morgan fingerprint density at radius 3 is 3.12 bits per heavy atom. The second-order valence-electron chi connectivity index (χ2n) is 3.44. The average Bonchev–Trinajstić information content (AvgIpc) is 2.77. The van der Waals surface area contributed by atoms with Crippen LogP contribution in [-0.4, -0.2) is 17.3 Å². The Balaban J connectivity index is 1.72. The average molecular weight is 250 g/mol. The van der Waals surface area contributed by atoms with Gasteiger partial charge in [0.2, 0.25) is 0 Å². The molecule has 2 nitrogen and oxygen atoms in total. The van der Waals surface area contributed by atoms with Crippen molar-refractivity contribution < 1.29 is 0 Å². The zero-order valence-electron chi connectivity index (χ0n) is 9.14. The Bertz CT molecular complexity index is 426. The number of thioether (sulfide) groups is 1. The van der Waals surface area contributed by atoms with E-state index in [2.05, 4.69) is 41.5 Å². The van der Waals surface area contributed by atoms with Gasteiger partial charge in [-0.25, -0.2) is 4.98 Å². The number of aryl methyl sites for hydroxylation is 1. The van der Waals surface area contributed by atoms with E-state index in [4.69, 9.17) is 0 Å². The number of nitrogens with zero attached hydrogens (tertiary/aromatic N) is 1. The quantitative estimate of drug-likeness (QED) is 0.647. The highest BCUT2D eigenvalue weighted by atomic mass is 32.2. The highest BCUT2D eigenvalue weighted by Crippen LogP contribution is 2.19. The number of hydrogen-bond acceptors (Lipinski definition) is 4. The van der Waals surface area contributed by atoms with Gasteiger partial charge >= 0.3 is 0 Å². The molecular weight excluding hydrogens is 236 g/mol. The van der Waals surface area contributed by atoms with E-state index in [0.717, 1.165) is 16.6 Å². The van der Waals surface area contributed by atoms with Gasteiger partial charge in [-0.2, -0.15) is 0 Å². The fraction of sp³-hybridized carbons (Fsp3) is 0.250. The number of aromatic nitrogens is 1. The fourth-order valence-corrected chi connectivity index (χ4v) is 2.93. The number of thiazole rings is 1. The number of nitrogens with one attached hydrogen (secondary N) is 1. The summed E-state index contributed by atoms with van der Waals surface area (Å²) in [5, 5.41) is 5.41. The summed E-state index contributed by atoms with van der Waals surface area (Å²) in [5.74, 6) is 1.04. The second kappa shape index (κ2) is 5.92. The van der Waals surface area contributed by atoms with Crippen molar-refractivity contribution in [2.45, 2.75) is 11.3 Å². The van der Waals surface area contributed by atoms with Crippen LogP contribution in [0.15, 0.2) is 40.2 Å². The molecule has 0 atom stereocenters. The summed E-state index contributed by atoms with van der Waals surface area (Å²) < 4.78 is 1.14. The van der Waals surface area contributed by atoms with Crippen LogP contribution in [0.3, 0.4) is 0 Å². The molecular formula is C12H14N2S2. The highest BCUT2D eigenvalue weighted by molar-refractivity contribution is 8.01. The SMILES string of the molecule is Cc1cccc(NCCSc2nccs2)c1. The molecule has 0 fully saturated rings. The molecule has 0 spiro atoms. The van der Waals surface area contributed by atoms with Gasteiger partial charge in [0, 0.05) is 29.6 Å². The largest absolute Gasteiger partial charge is 0.384 e. The van der Waals surface area contributed by atoms with Gasteiger partial charge in [0.15, 0.2) is 0 Å². The summed E-state index contributed by atoms with van der Waals surface area (Å²) in [6.07, 6.45) is 1.85. The number of rotatable bonds is 5. The number of hydrogen-bond donors (Lipinski definition) is 1. The van der Waals surface area contributed by atoms with Crippen LogP contribution in [-0.2, 0) is 0 Å². The minimum atomic E-state index is 0.966.